The molecular weight excluding hydrogens is 368 g/mol. The zero-order valence-electron chi connectivity index (χ0n) is 13.4. The number of hydrogen-bond donors (Lipinski definition) is 1. The van der Waals surface area contributed by atoms with Crippen molar-refractivity contribution in [3.05, 3.63) is 76.5 Å². The molecule has 0 amide bonds. The van der Waals surface area contributed by atoms with Crippen LogP contribution in [-0.4, -0.2) is 17.5 Å². The number of aliphatic hydroxyl groups is 1. The van der Waals surface area contributed by atoms with Crippen molar-refractivity contribution in [3.63, 3.8) is 0 Å². The first-order valence-corrected chi connectivity index (χ1v) is 8.50. The third-order valence-electron chi connectivity index (χ3n) is 3.19. The van der Waals surface area contributed by atoms with Crippen LogP contribution in [0.4, 0.5) is 0 Å². The van der Waals surface area contributed by atoms with E-state index in [0.717, 1.165) is 27.4 Å². The second-order valence-electron chi connectivity index (χ2n) is 5.12. The summed E-state index contributed by atoms with van der Waals surface area (Å²) in [4.78, 5) is 12.1. The van der Waals surface area contributed by atoms with Crippen LogP contribution >= 0.6 is 15.9 Å². The lowest BCUT2D eigenvalue weighted by molar-refractivity contribution is 0.102. The van der Waals surface area contributed by atoms with Gasteiger partial charge in [0.25, 0.3) is 0 Å². The number of halogens is 1. The van der Waals surface area contributed by atoms with Crippen LogP contribution in [0.3, 0.4) is 0 Å². The second-order valence-corrected chi connectivity index (χ2v) is 6.04. The van der Waals surface area contributed by atoms with Gasteiger partial charge in [-0.05, 0) is 42.3 Å². The van der Waals surface area contributed by atoms with Crippen LogP contribution in [-0.2, 0) is 0 Å². The highest BCUT2D eigenvalue weighted by atomic mass is 79.9. The minimum Gasteiger partial charge on any atom is -0.453 e. The van der Waals surface area contributed by atoms with E-state index in [1.54, 1.807) is 12.1 Å². The zero-order valence-corrected chi connectivity index (χ0v) is 15.0. The van der Waals surface area contributed by atoms with E-state index in [9.17, 15) is 4.79 Å². The Hall–Kier alpha value is -2.17. The van der Waals surface area contributed by atoms with Crippen molar-refractivity contribution in [2.75, 3.05) is 6.61 Å². The Labute approximate surface area is 149 Å². The Kier molecular flexibility index (Phi) is 6.97. The Bertz CT molecular complexity index is 781. The lowest BCUT2D eigenvalue weighted by atomic mass is 10.2. The molecule has 1 N–H and O–H groups in total. The topological polar surface area (TPSA) is 50.4 Å². The molecule has 0 aliphatic heterocycles. The van der Waals surface area contributed by atoms with Gasteiger partial charge in [0.05, 0.1) is 0 Å². The second kappa shape index (κ2) is 9.21. The van der Waals surface area contributed by atoms with Crippen molar-refractivity contribution in [1.29, 1.82) is 0 Å². The molecule has 0 spiro atoms. The normalized spacial score (nSPS) is 10.6. The maximum Gasteiger partial charge on any atom is 0.221 e. The molecule has 1 heterocycles. The van der Waals surface area contributed by atoms with E-state index in [-0.39, 0.29) is 5.78 Å². The van der Waals surface area contributed by atoms with Crippen LogP contribution in [0.2, 0.25) is 0 Å². The summed E-state index contributed by atoms with van der Waals surface area (Å²) in [6.07, 6.45) is 4.18. The van der Waals surface area contributed by atoms with E-state index in [4.69, 9.17) is 9.52 Å². The van der Waals surface area contributed by atoms with Crippen molar-refractivity contribution < 1.29 is 14.3 Å². The highest BCUT2D eigenvalue weighted by Crippen LogP contribution is 2.19. The highest BCUT2D eigenvalue weighted by Gasteiger charge is 2.08. The fourth-order valence-corrected chi connectivity index (χ4v) is 2.20. The molecule has 4 heteroatoms. The van der Waals surface area contributed by atoms with Gasteiger partial charge in [0.1, 0.15) is 5.58 Å². The van der Waals surface area contributed by atoms with Crippen molar-refractivity contribution in [3.8, 4) is 0 Å². The summed E-state index contributed by atoms with van der Waals surface area (Å²) in [5.41, 5.74) is 1.70. The van der Waals surface area contributed by atoms with Crippen molar-refractivity contribution in [2.45, 2.75) is 13.3 Å². The Balaban J connectivity index is 0.000000471. The maximum atomic E-state index is 12.1. The summed E-state index contributed by atoms with van der Waals surface area (Å²) < 4.78 is 6.54. The van der Waals surface area contributed by atoms with Gasteiger partial charge in [-0.1, -0.05) is 59.3 Å². The Morgan fingerprint density at radius 3 is 2.46 bits per heavy atom. The molecule has 0 aliphatic carbocycles. The number of furan rings is 1. The molecule has 3 rings (SSSR count). The van der Waals surface area contributed by atoms with Gasteiger partial charge in [-0.15, -0.1) is 0 Å². The molecule has 0 saturated heterocycles. The van der Waals surface area contributed by atoms with Crippen molar-refractivity contribution >= 4 is 38.8 Å². The van der Waals surface area contributed by atoms with Crippen LogP contribution in [0.1, 0.15) is 29.5 Å². The maximum absolute atomic E-state index is 12.1. The van der Waals surface area contributed by atoms with E-state index >= 15 is 0 Å². The van der Waals surface area contributed by atoms with Crippen LogP contribution in [0.5, 0.6) is 0 Å². The molecule has 3 nitrogen and oxygen atoms in total. The summed E-state index contributed by atoms with van der Waals surface area (Å²) >= 11 is 3.38. The number of para-hydroxylation sites is 1. The Morgan fingerprint density at radius 2 is 1.83 bits per heavy atom. The van der Waals surface area contributed by atoms with Gasteiger partial charge in [-0.3, -0.25) is 4.79 Å². The van der Waals surface area contributed by atoms with E-state index in [0.29, 0.717) is 12.4 Å². The van der Waals surface area contributed by atoms with E-state index in [1.807, 2.05) is 55.5 Å². The van der Waals surface area contributed by atoms with Gasteiger partial charge in [-0.25, -0.2) is 0 Å². The average molecular weight is 387 g/mol. The first-order valence-electron chi connectivity index (χ1n) is 7.71. The summed E-state index contributed by atoms with van der Waals surface area (Å²) in [7, 11) is 0. The summed E-state index contributed by atoms with van der Waals surface area (Å²) in [6.45, 7) is 2.25. The molecule has 0 aliphatic rings. The van der Waals surface area contributed by atoms with Crippen LogP contribution in [0.15, 0.2) is 69.6 Å². The lowest BCUT2D eigenvalue weighted by Crippen LogP contribution is -1.90. The van der Waals surface area contributed by atoms with Gasteiger partial charge in [0, 0.05) is 16.5 Å². The smallest absolute Gasteiger partial charge is 0.221 e. The fraction of sp³-hybridized carbons (Fsp3) is 0.150. The third-order valence-corrected chi connectivity index (χ3v) is 3.72. The van der Waals surface area contributed by atoms with Crippen LogP contribution in [0, 0.1) is 0 Å². The third kappa shape index (κ3) is 5.18. The lowest BCUT2D eigenvalue weighted by Gasteiger charge is -1.93. The molecule has 0 saturated carbocycles. The van der Waals surface area contributed by atoms with E-state index in [1.165, 1.54) is 6.08 Å². The molecule has 0 radical (unpaired) electrons. The molecule has 1 aromatic heterocycles. The molecule has 24 heavy (non-hydrogen) atoms. The zero-order chi connectivity index (χ0) is 17.4. The number of allylic oxidation sites excluding steroid dienone is 1. The predicted molar refractivity (Wildman–Crippen MR) is 101 cm³/mol. The number of benzene rings is 2. The van der Waals surface area contributed by atoms with Gasteiger partial charge in [0.15, 0.2) is 5.76 Å². The van der Waals surface area contributed by atoms with E-state index < -0.39 is 0 Å². The number of hydrogen-bond acceptors (Lipinski definition) is 3. The van der Waals surface area contributed by atoms with Gasteiger partial charge in [-0.2, -0.15) is 0 Å². The minimum absolute atomic E-state index is 0.135. The van der Waals surface area contributed by atoms with Crippen LogP contribution in [0.25, 0.3) is 17.0 Å². The predicted octanol–water partition coefficient (Wildman–Crippen LogP) is 5.48. The first-order chi connectivity index (χ1) is 11.6. The fourth-order valence-electron chi connectivity index (χ4n) is 1.93. The number of rotatable bonds is 4. The number of ketones is 1. The molecule has 0 atom stereocenters. The van der Waals surface area contributed by atoms with Gasteiger partial charge < -0.3 is 9.52 Å². The molecule has 0 bridgehead atoms. The minimum atomic E-state index is -0.135. The number of aliphatic hydroxyl groups excluding tert-OH is 1. The SMILES string of the molecule is CCCO.O=C(C=Cc1ccc(Br)cc1)c1cc2ccccc2o1. The largest absolute Gasteiger partial charge is 0.453 e. The van der Waals surface area contributed by atoms with E-state index in [2.05, 4.69) is 15.9 Å². The van der Waals surface area contributed by atoms with Crippen molar-refractivity contribution in [1.82, 2.24) is 0 Å². The summed E-state index contributed by atoms with van der Waals surface area (Å²) in [5, 5.41) is 8.81. The quantitative estimate of drug-likeness (QED) is 0.476. The number of carbonyl (C=O) groups is 1. The summed E-state index contributed by atoms with van der Waals surface area (Å²) in [6, 6.07) is 17.1. The average Bonchev–Trinajstić information content (AvgIpc) is 3.05. The standard InChI is InChI=1S/C17H11BrO2.C3H8O/c18-14-8-5-12(6-9-14)7-10-15(19)17-11-13-3-1-2-4-16(13)20-17;1-2-3-4/h1-11H;4H,2-3H2,1H3. The molecule has 3 aromatic rings. The monoisotopic (exact) mass is 386 g/mol. The summed E-state index contributed by atoms with van der Waals surface area (Å²) in [5.74, 6) is 0.226. The molecule has 0 fully saturated rings. The number of fused-ring (bicyclic) bond motifs is 1. The molecule has 124 valence electrons. The van der Waals surface area contributed by atoms with Gasteiger partial charge in [0.2, 0.25) is 5.78 Å². The molecular formula is C20H19BrO3. The molecule has 0 unspecified atom stereocenters. The van der Waals surface area contributed by atoms with Crippen molar-refractivity contribution in [2.24, 2.45) is 0 Å². The van der Waals surface area contributed by atoms with Gasteiger partial charge >= 0.3 is 0 Å². The number of carbonyl (C=O) groups excluding carboxylic acids is 1. The highest BCUT2D eigenvalue weighted by molar-refractivity contribution is 9.10. The Morgan fingerprint density at radius 1 is 1.17 bits per heavy atom. The van der Waals surface area contributed by atoms with Crippen LogP contribution < -0.4 is 0 Å². The first kappa shape index (κ1) is 18.2. The molecule has 2 aromatic carbocycles.